The Morgan fingerprint density at radius 1 is 1.12 bits per heavy atom. The van der Waals surface area contributed by atoms with Crippen LogP contribution in [0.3, 0.4) is 0 Å². The molecule has 0 aliphatic carbocycles. The number of likely N-dealkylation sites (N-methyl/N-ethyl adjacent to an activating group) is 1. The molecule has 1 aliphatic rings. The molecule has 6 nitrogen and oxygen atoms in total. The van der Waals surface area contributed by atoms with E-state index in [2.05, 4.69) is 59.1 Å². The van der Waals surface area contributed by atoms with Crippen molar-refractivity contribution in [2.45, 2.75) is 39.3 Å². The molecule has 0 N–H and O–H groups in total. The van der Waals surface area contributed by atoms with Crippen molar-refractivity contribution in [3.63, 3.8) is 0 Å². The third-order valence-corrected chi connectivity index (χ3v) is 5.14. The van der Waals surface area contributed by atoms with Crippen LogP contribution in [0.2, 0.25) is 5.02 Å². The molecule has 1 fully saturated rings. The van der Waals surface area contributed by atoms with Gasteiger partial charge in [-0.1, -0.05) is 36.7 Å². The van der Waals surface area contributed by atoms with Gasteiger partial charge in [0.15, 0.2) is 5.82 Å². The molecule has 2 aromatic rings. The first-order chi connectivity index (χ1) is 11.9. The highest BCUT2D eigenvalue weighted by Gasteiger charge is 2.33. The molecule has 25 heavy (non-hydrogen) atoms. The number of tetrazole rings is 1. The van der Waals surface area contributed by atoms with E-state index in [-0.39, 0.29) is 11.6 Å². The summed E-state index contributed by atoms with van der Waals surface area (Å²) in [6.45, 7) is 13.7. The Balaban J connectivity index is 2.02. The summed E-state index contributed by atoms with van der Waals surface area (Å²) >= 11 is 6.56. The lowest BCUT2D eigenvalue weighted by Crippen LogP contribution is -2.48. The van der Waals surface area contributed by atoms with E-state index in [0.717, 1.165) is 49.1 Å². The van der Waals surface area contributed by atoms with Gasteiger partial charge < -0.3 is 4.90 Å². The zero-order valence-electron chi connectivity index (χ0n) is 15.5. The second-order valence-corrected chi connectivity index (χ2v) is 7.92. The molecule has 1 aromatic carbocycles. The summed E-state index contributed by atoms with van der Waals surface area (Å²) in [5.74, 6) is 0.852. The SMILES string of the molecule is CCN1CCN(C(c2ccccc2Cl)c2nnnn2C(C)(C)C)CC1. The fraction of sp³-hybridized carbons (Fsp3) is 0.611. The summed E-state index contributed by atoms with van der Waals surface area (Å²) in [6.07, 6.45) is 0. The van der Waals surface area contributed by atoms with E-state index < -0.39 is 0 Å². The molecule has 0 saturated carbocycles. The van der Waals surface area contributed by atoms with Gasteiger partial charge in [0, 0.05) is 31.2 Å². The maximum atomic E-state index is 6.56. The van der Waals surface area contributed by atoms with Crippen LogP contribution in [0.4, 0.5) is 0 Å². The Morgan fingerprint density at radius 3 is 2.40 bits per heavy atom. The molecule has 1 unspecified atom stereocenters. The van der Waals surface area contributed by atoms with Gasteiger partial charge in [-0.25, -0.2) is 4.68 Å². The minimum absolute atomic E-state index is 0.0399. The van der Waals surface area contributed by atoms with Crippen LogP contribution in [0.5, 0.6) is 0 Å². The van der Waals surface area contributed by atoms with Crippen LogP contribution in [-0.4, -0.2) is 62.7 Å². The zero-order chi connectivity index (χ0) is 18.0. The minimum Gasteiger partial charge on any atom is -0.301 e. The van der Waals surface area contributed by atoms with Crippen molar-refractivity contribution in [1.29, 1.82) is 0 Å². The monoisotopic (exact) mass is 362 g/mol. The fourth-order valence-electron chi connectivity index (χ4n) is 3.38. The van der Waals surface area contributed by atoms with Crippen molar-refractivity contribution in [2.75, 3.05) is 32.7 Å². The molecule has 1 atom stereocenters. The van der Waals surface area contributed by atoms with Crippen LogP contribution < -0.4 is 0 Å². The maximum Gasteiger partial charge on any atom is 0.173 e. The zero-order valence-corrected chi connectivity index (χ0v) is 16.2. The summed E-state index contributed by atoms with van der Waals surface area (Å²) < 4.78 is 1.92. The molecule has 0 bridgehead atoms. The lowest BCUT2D eigenvalue weighted by molar-refractivity contribution is 0.106. The van der Waals surface area contributed by atoms with Gasteiger partial charge in [-0.15, -0.1) is 5.10 Å². The molecule has 2 heterocycles. The van der Waals surface area contributed by atoms with Crippen molar-refractivity contribution < 1.29 is 0 Å². The third-order valence-electron chi connectivity index (χ3n) is 4.79. The van der Waals surface area contributed by atoms with Crippen LogP contribution in [0.25, 0.3) is 0 Å². The topological polar surface area (TPSA) is 50.1 Å². The Labute approximate surface area is 154 Å². The average Bonchev–Trinajstić information content (AvgIpc) is 3.07. The minimum atomic E-state index is -0.191. The van der Waals surface area contributed by atoms with Crippen LogP contribution in [0, 0.1) is 0 Å². The lowest BCUT2D eigenvalue weighted by atomic mass is 10.0. The normalized spacial score (nSPS) is 18.4. The molecule has 1 aromatic heterocycles. The third kappa shape index (κ3) is 3.86. The van der Waals surface area contributed by atoms with Crippen LogP contribution in [0.15, 0.2) is 24.3 Å². The van der Waals surface area contributed by atoms with Crippen molar-refractivity contribution in [3.8, 4) is 0 Å². The highest BCUT2D eigenvalue weighted by molar-refractivity contribution is 6.31. The molecule has 3 rings (SSSR count). The number of nitrogens with zero attached hydrogens (tertiary/aromatic N) is 6. The van der Waals surface area contributed by atoms with Gasteiger partial charge >= 0.3 is 0 Å². The molecule has 136 valence electrons. The first-order valence-corrected chi connectivity index (χ1v) is 9.29. The van der Waals surface area contributed by atoms with Crippen LogP contribution >= 0.6 is 11.6 Å². The molecular weight excluding hydrogens is 336 g/mol. The molecular formula is C18H27ClN6. The largest absolute Gasteiger partial charge is 0.301 e. The Bertz CT molecular complexity index is 700. The Hall–Kier alpha value is -1.50. The standard InChI is InChI=1S/C18H27ClN6/c1-5-23-10-12-24(13-11-23)16(14-8-6-7-9-15(14)19)17-20-21-22-25(17)18(2,3)4/h6-9,16H,5,10-13H2,1-4H3. The van der Waals surface area contributed by atoms with Gasteiger partial charge in [0.25, 0.3) is 0 Å². The van der Waals surface area contributed by atoms with E-state index in [1.54, 1.807) is 0 Å². The number of rotatable bonds is 4. The highest BCUT2D eigenvalue weighted by Crippen LogP contribution is 2.34. The average molecular weight is 363 g/mol. The summed E-state index contributed by atoms with van der Waals surface area (Å²) in [6, 6.07) is 7.98. The predicted octanol–water partition coefficient (Wildman–Crippen LogP) is 2.81. The van der Waals surface area contributed by atoms with Gasteiger partial charge in [-0.3, -0.25) is 4.90 Å². The van der Waals surface area contributed by atoms with Crippen LogP contribution in [0.1, 0.15) is 45.1 Å². The van der Waals surface area contributed by atoms with E-state index >= 15 is 0 Å². The fourth-order valence-corrected chi connectivity index (χ4v) is 3.62. The van der Waals surface area contributed by atoms with Crippen molar-refractivity contribution in [3.05, 3.63) is 40.7 Å². The second-order valence-electron chi connectivity index (χ2n) is 7.51. The van der Waals surface area contributed by atoms with Gasteiger partial charge in [0.05, 0.1) is 11.6 Å². The summed E-state index contributed by atoms with van der Waals surface area (Å²) in [5.41, 5.74) is 0.873. The van der Waals surface area contributed by atoms with Crippen molar-refractivity contribution in [1.82, 2.24) is 30.0 Å². The Kier molecular flexibility index (Phi) is 5.41. The van der Waals surface area contributed by atoms with Gasteiger partial charge in [-0.05, 0) is 49.4 Å². The lowest BCUT2D eigenvalue weighted by Gasteiger charge is -2.39. The number of halogens is 1. The van der Waals surface area contributed by atoms with Gasteiger partial charge in [0.2, 0.25) is 0 Å². The van der Waals surface area contributed by atoms with Crippen molar-refractivity contribution in [2.24, 2.45) is 0 Å². The summed E-state index contributed by atoms with van der Waals surface area (Å²) in [4.78, 5) is 4.91. The quantitative estimate of drug-likeness (QED) is 0.837. The van der Waals surface area contributed by atoms with E-state index in [4.69, 9.17) is 11.6 Å². The molecule has 7 heteroatoms. The van der Waals surface area contributed by atoms with Gasteiger partial charge in [-0.2, -0.15) is 0 Å². The van der Waals surface area contributed by atoms with E-state index in [0.29, 0.717) is 0 Å². The van der Waals surface area contributed by atoms with Crippen LogP contribution in [-0.2, 0) is 5.54 Å². The molecule has 0 radical (unpaired) electrons. The number of aromatic nitrogens is 4. The summed E-state index contributed by atoms with van der Waals surface area (Å²) in [5, 5.41) is 13.4. The highest BCUT2D eigenvalue weighted by atomic mass is 35.5. The first kappa shape index (κ1) is 18.3. The number of piperazine rings is 1. The number of hydrogen-bond donors (Lipinski definition) is 0. The summed E-state index contributed by atoms with van der Waals surface area (Å²) in [7, 11) is 0. The van der Waals surface area contributed by atoms with E-state index in [1.165, 1.54) is 0 Å². The molecule has 0 spiro atoms. The first-order valence-electron chi connectivity index (χ1n) is 8.91. The Morgan fingerprint density at radius 2 is 1.80 bits per heavy atom. The number of hydrogen-bond acceptors (Lipinski definition) is 5. The predicted molar refractivity (Wildman–Crippen MR) is 99.8 cm³/mol. The number of benzene rings is 1. The second kappa shape index (κ2) is 7.40. The molecule has 1 aliphatic heterocycles. The van der Waals surface area contributed by atoms with E-state index in [1.807, 2.05) is 22.9 Å². The van der Waals surface area contributed by atoms with Crippen molar-refractivity contribution >= 4 is 11.6 Å². The smallest absolute Gasteiger partial charge is 0.173 e. The molecule has 1 saturated heterocycles. The van der Waals surface area contributed by atoms with Gasteiger partial charge in [0.1, 0.15) is 0 Å². The maximum absolute atomic E-state index is 6.56. The van der Waals surface area contributed by atoms with E-state index in [9.17, 15) is 0 Å². The molecule has 0 amide bonds.